The Morgan fingerprint density at radius 3 is 2.79 bits per heavy atom. The predicted molar refractivity (Wildman–Crippen MR) is 117 cm³/mol. The minimum Gasteiger partial charge on any atom is -0.371 e. The third kappa shape index (κ3) is 5.97. The van der Waals surface area contributed by atoms with Crippen molar-refractivity contribution in [2.45, 2.75) is 32.1 Å². The Morgan fingerprint density at radius 2 is 2.03 bits per heavy atom. The summed E-state index contributed by atoms with van der Waals surface area (Å²) >= 11 is 1.57. The number of thioether (sulfide) groups is 1. The average Bonchev–Trinajstić information content (AvgIpc) is 2.67. The van der Waals surface area contributed by atoms with Crippen LogP contribution in [0.3, 0.4) is 0 Å². The highest BCUT2D eigenvalue weighted by Crippen LogP contribution is 2.29. The second-order valence-electron chi connectivity index (χ2n) is 7.53. The van der Waals surface area contributed by atoms with Crippen LogP contribution in [0.25, 0.3) is 0 Å². The number of amides is 2. The fraction of sp³-hybridized carbons (Fsp3) is 0.364. The van der Waals surface area contributed by atoms with Crippen molar-refractivity contribution in [3.05, 3.63) is 59.4 Å². The van der Waals surface area contributed by atoms with Crippen molar-refractivity contribution in [3.63, 3.8) is 0 Å². The minimum absolute atomic E-state index is 0.137. The zero-order valence-electron chi connectivity index (χ0n) is 16.6. The highest BCUT2D eigenvalue weighted by molar-refractivity contribution is 7.98. The molecule has 7 heteroatoms. The summed E-state index contributed by atoms with van der Waals surface area (Å²) in [7, 11) is 0. The van der Waals surface area contributed by atoms with Crippen molar-refractivity contribution >= 4 is 35.0 Å². The van der Waals surface area contributed by atoms with Crippen LogP contribution in [0, 0.1) is 11.7 Å². The molecule has 3 rings (SSSR count). The second kappa shape index (κ2) is 9.78. The van der Waals surface area contributed by atoms with E-state index in [0.717, 1.165) is 17.7 Å². The Hall–Kier alpha value is -2.54. The van der Waals surface area contributed by atoms with Crippen LogP contribution in [0.5, 0.6) is 0 Å². The van der Waals surface area contributed by atoms with Gasteiger partial charge in [0, 0.05) is 23.6 Å². The smallest absolute Gasteiger partial charge is 0.251 e. The fourth-order valence-electron chi connectivity index (χ4n) is 3.00. The molecule has 0 radical (unpaired) electrons. The van der Waals surface area contributed by atoms with Gasteiger partial charge in [0.25, 0.3) is 5.91 Å². The maximum absolute atomic E-state index is 13.3. The molecule has 0 saturated carbocycles. The van der Waals surface area contributed by atoms with Gasteiger partial charge in [0.05, 0.1) is 11.4 Å². The maximum Gasteiger partial charge on any atom is 0.251 e. The van der Waals surface area contributed by atoms with Gasteiger partial charge in [0.1, 0.15) is 11.9 Å². The SMILES string of the molecule is CC(C)CCNC(=O)c1ccc2c(c1)NC(=O)C(CSCc1cccc(F)c1)N2. The minimum atomic E-state index is -0.383. The standard InChI is InChI=1S/C22H26FN3O2S/c1-14(2)8-9-24-21(27)16-6-7-18-19(11-16)26-22(28)20(25-18)13-29-12-15-4-3-5-17(23)10-15/h3-7,10-11,14,20,25H,8-9,12-13H2,1-2H3,(H,24,27)(H,26,28). The second-order valence-corrected chi connectivity index (χ2v) is 8.56. The maximum atomic E-state index is 13.3. The molecule has 0 saturated heterocycles. The van der Waals surface area contributed by atoms with E-state index in [1.165, 1.54) is 12.1 Å². The summed E-state index contributed by atoms with van der Waals surface area (Å²) in [5.74, 6) is 1.18. The Morgan fingerprint density at radius 1 is 1.21 bits per heavy atom. The molecule has 1 aliphatic rings. The van der Waals surface area contributed by atoms with Gasteiger partial charge in [-0.25, -0.2) is 4.39 Å². The van der Waals surface area contributed by atoms with Gasteiger partial charge in [-0.05, 0) is 48.2 Å². The van der Waals surface area contributed by atoms with Crippen LogP contribution in [-0.2, 0) is 10.5 Å². The van der Waals surface area contributed by atoms with Gasteiger partial charge in [-0.2, -0.15) is 11.8 Å². The summed E-state index contributed by atoms with van der Waals surface area (Å²) < 4.78 is 13.3. The number of nitrogens with one attached hydrogen (secondary N) is 3. The molecule has 0 spiro atoms. The summed E-state index contributed by atoms with van der Waals surface area (Å²) in [5.41, 5.74) is 2.81. The van der Waals surface area contributed by atoms with Crippen LogP contribution < -0.4 is 16.0 Å². The molecule has 0 bridgehead atoms. The molecule has 2 aromatic carbocycles. The van der Waals surface area contributed by atoms with Crippen molar-refractivity contribution in [3.8, 4) is 0 Å². The Bertz CT molecular complexity index is 888. The molecule has 2 aromatic rings. The molecule has 5 nitrogen and oxygen atoms in total. The summed E-state index contributed by atoms with van der Waals surface area (Å²) in [6, 6.07) is 11.4. The molecular weight excluding hydrogens is 389 g/mol. The topological polar surface area (TPSA) is 70.2 Å². The van der Waals surface area contributed by atoms with E-state index in [4.69, 9.17) is 0 Å². The molecule has 0 fully saturated rings. The van der Waals surface area contributed by atoms with Crippen LogP contribution >= 0.6 is 11.8 Å². The number of anilines is 2. The molecule has 2 amide bonds. The molecule has 0 aliphatic carbocycles. The Balaban J connectivity index is 1.55. The molecule has 1 heterocycles. The summed E-state index contributed by atoms with van der Waals surface area (Å²) in [5, 5.41) is 9.01. The van der Waals surface area contributed by atoms with Gasteiger partial charge in [0.2, 0.25) is 5.91 Å². The molecule has 1 atom stereocenters. The van der Waals surface area contributed by atoms with E-state index >= 15 is 0 Å². The summed E-state index contributed by atoms with van der Waals surface area (Å²) in [6.07, 6.45) is 0.921. The van der Waals surface area contributed by atoms with Gasteiger partial charge in [-0.1, -0.05) is 26.0 Å². The van der Waals surface area contributed by atoms with Gasteiger partial charge in [-0.15, -0.1) is 0 Å². The Kier molecular flexibility index (Phi) is 7.14. The number of benzene rings is 2. The first-order valence-electron chi connectivity index (χ1n) is 9.74. The van der Waals surface area contributed by atoms with Crippen LogP contribution in [0.15, 0.2) is 42.5 Å². The zero-order chi connectivity index (χ0) is 20.8. The largest absolute Gasteiger partial charge is 0.371 e. The monoisotopic (exact) mass is 415 g/mol. The van der Waals surface area contributed by atoms with Crippen molar-refractivity contribution in [2.24, 2.45) is 5.92 Å². The number of hydrogen-bond acceptors (Lipinski definition) is 4. The number of hydrogen-bond donors (Lipinski definition) is 3. The predicted octanol–water partition coefficient (Wildman–Crippen LogP) is 4.27. The van der Waals surface area contributed by atoms with Gasteiger partial charge in [-0.3, -0.25) is 9.59 Å². The number of fused-ring (bicyclic) bond motifs is 1. The highest BCUT2D eigenvalue weighted by atomic mass is 32.2. The van der Waals surface area contributed by atoms with Crippen molar-refractivity contribution < 1.29 is 14.0 Å². The summed E-state index contributed by atoms with van der Waals surface area (Å²) in [4.78, 5) is 24.7. The van der Waals surface area contributed by atoms with Gasteiger partial charge < -0.3 is 16.0 Å². The first-order valence-corrected chi connectivity index (χ1v) is 10.9. The lowest BCUT2D eigenvalue weighted by molar-refractivity contribution is -0.116. The number of rotatable bonds is 8. The fourth-order valence-corrected chi connectivity index (χ4v) is 4.01. The highest BCUT2D eigenvalue weighted by Gasteiger charge is 2.26. The molecule has 3 N–H and O–H groups in total. The van der Waals surface area contributed by atoms with Crippen LogP contribution in [0.4, 0.5) is 15.8 Å². The van der Waals surface area contributed by atoms with E-state index in [9.17, 15) is 14.0 Å². The third-order valence-electron chi connectivity index (χ3n) is 4.64. The summed E-state index contributed by atoms with van der Waals surface area (Å²) in [6.45, 7) is 4.85. The third-order valence-corrected chi connectivity index (χ3v) is 5.74. The van der Waals surface area contributed by atoms with Crippen molar-refractivity contribution in [2.75, 3.05) is 22.9 Å². The van der Waals surface area contributed by atoms with E-state index < -0.39 is 0 Å². The van der Waals surface area contributed by atoms with E-state index in [1.54, 1.807) is 30.0 Å². The number of halogens is 1. The lowest BCUT2D eigenvalue weighted by atomic mass is 10.1. The van der Waals surface area contributed by atoms with E-state index in [0.29, 0.717) is 35.2 Å². The first-order chi connectivity index (χ1) is 13.9. The van der Waals surface area contributed by atoms with E-state index in [-0.39, 0.29) is 23.7 Å². The quantitative estimate of drug-likeness (QED) is 0.602. The molecule has 1 unspecified atom stereocenters. The molecule has 0 aromatic heterocycles. The van der Waals surface area contributed by atoms with Gasteiger partial charge >= 0.3 is 0 Å². The van der Waals surface area contributed by atoms with E-state index in [1.807, 2.05) is 12.1 Å². The lowest BCUT2D eigenvalue weighted by Crippen LogP contribution is -2.40. The zero-order valence-corrected chi connectivity index (χ0v) is 17.4. The number of carbonyl (C=O) groups excluding carboxylic acids is 2. The molecule has 29 heavy (non-hydrogen) atoms. The van der Waals surface area contributed by atoms with Gasteiger partial charge in [0.15, 0.2) is 0 Å². The lowest BCUT2D eigenvalue weighted by Gasteiger charge is -2.27. The van der Waals surface area contributed by atoms with Crippen LogP contribution in [0.1, 0.15) is 36.2 Å². The van der Waals surface area contributed by atoms with Crippen LogP contribution in [-0.4, -0.2) is 30.2 Å². The van der Waals surface area contributed by atoms with Crippen LogP contribution in [0.2, 0.25) is 0 Å². The first kappa shape index (κ1) is 21.2. The normalized spacial score (nSPS) is 15.4. The molecule has 1 aliphatic heterocycles. The van der Waals surface area contributed by atoms with Crippen molar-refractivity contribution in [1.29, 1.82) is 0 Å². The molecular formula is C22H26FN3O2S. The Labute approximate surface area is 174 Å². The molecule has 154 valence electrons. The van der Waals surface area contributed by atoms with Crippen molar-refractivity contribution in [1.82, 2.24) is 5.32 Å². The number of carbonyl (C=O) groups is 2. The van der Waals surface area contributed by atoms with E-state index in [2.05, 4.69) is 29.8 Å². The average molecular weight is 416 g/mol.